The molecule has 0 unspecified atom stereocenters. The number of halogens is 1. The zero-order chi connectivity index (χ0) is 91.7. The highest BCUT2D eigenvalue weighted by molar-refractivity contribution is 6.67. The molecule has 12 rings (SSSR count). The number of esters is 4. The van der Waals surface area contributed by atoms with Crippen molar-refractivity contribution in [3.05, 3.63) is 239 Å². The molecule has 0 aliphatic heterocycles. The SMILES string of the molecule is CC(=O)Oc1cccc2ccc(C(=O)Cl)nc12.CC(=O)Oc1cccc2ccc(C(=O)O)nc12.CC(C)(C)OC(=O)N[C@@]1(C(=O)O)CCc2cccc(O)c2C1.CCC[C@@H](C(=O)OCc1ccccc1)N(C)C(=O)c1ccc2cccc(OC(C)=O)c2n1.C[C@H](CN(C)C(=O)[C@]1(NC(=O)OC(C)(C)C)CCc2cccc(O)c2C1)NC(=O)OCc1ccccc1. The molecule has 3 aromatic heterocycles. The van der Waals surface area contributed by atoms with Gasteiger partial charge in [-0.3, -0.25) is 28.8 Å². The van der Waals surface area contributed by atoms with Gasteiger partial charge in [-0.1, -0.05) is 153 Å². The number of hydrogen-bond donors (Lipinski definition) is 7. The zero-order valence-electron chi connectivity index (χ0n) is 71.5. The number of carbonyl (C=O) groups is 12. The Hall–Kier alpha value is -14.1. The first kappa shape index (κ1) is 96.4. The van der Waals surface area contributed by atoms with E-state index in [4.69, 9.17) is 49.9 Å². The molecule has 10 aromatic rings. The van der Waals surface area contributed by atoms with E-state index in [1.54, 1.807) is 154 Å². The van der Waals surface area contributed by atoms with E-state index in [2.05, 4.69) is 30.9 Å². The minimum Gasteiger partial charge on any atom is -0.508 e. The van der Waals surface area contributed by atoms with Crippen LogP contribution in [-0.2, 0) is 86.6 Å². The lowest BCUT2D eigenvalue weighted by Gasteiger charge is -2.40. The lowest BCUT2D eigenvalue weighted by molar-refractivity contribution is -0.150. The van der Waals surface area contributed by atoms with E-state index >= 15 is 0 Å². The van der Waals surface area contributed by atoms with Crippen molar-refractivity contribution in [3.63, 3.8) is 0 Å². The number of carbonyl (C=O) groups excluding carboxylic acids is 10. The molecule has 0 fully saturated rings. The summed E-state index contributed by atoms with van der Waals surface area (Å²) in [6.45, 7) is 18.4. The Bertz CT molecular complexity index is 5500. The second kappa shape index (κ2) is 43.6. The summed E-state index contributed by atoms with van der Waals surface area (Å²) in [7, 11) is 3.19. The van der Waals surface area contributed by atoms with Gasteiger partial charge < -0.3 is 79.3 Å². The second-order valence-corrected chi connectivity index (χ2v) is 31.8. The topological polar surface area (TPSA) is 432 Å². The average Bonchev–Trinajstić information content (AvgIpc) is 0.771. The van der Waals surface area contributed by atoms with Crippen LogP contribution in [0.25, 0.3) is 32.7 Å². The van der Waals surface area contributed by atoms with Crippen LogP contribution in [0.15, 0.2) is 188 Å². The summed E-state index contributed by atoms with van der Waals surface area (Å²) in [4.78, 5) is 159. The Morgan fingerprint density at radius 1 is 0.496 bits per heavy atom. The number of fused-ring (bicyclic) bond motifs is 5. The number of hydrogen-bond acceptors (Lipinski definition) is 24. The average molecular weight is 1730 g/mol. The molecule has 31 nitrogen and oxygen atoms in total. The van der Waals surface area contributed by atoms with Gasteiger partial charge in [0.05, 0.1) is 0 Å². The minimum absolute atomic E-state index is 0.0313. The van der Waals surface area contributed by atoms with Gasteiger partial charge in [0.15, 0.2) is 17.2 Å². The third kappa shape index (κ3) is 28.0. The van der Waals surface area contributed by atoms with E-state index in [1.165, 1.54) is 48.8 Å². The number of amides is 5. The first-order valence-corrected chi connectivity index (χ1v) is 40.2. The molecule has 0 saturated carbocycles. The van der Waals surface area contributed by atoms with Crippen LogP contribution in [0.2, 0.25) is 0 Å². The highest BCUT2D eigenvalue weighted by atomic mass is 35.5. The van der Waals surface area contributed by atoms with E-state index in [0.717, 1.165) is 33.0 Å². The third-order valence-electron chi connectivity index (χ3n) is 19.2. The van der Waals surface area contributed by atoms with E-state index in [-0.39, 0.29) is 85.0 Å². The van der Waals surface area contributed by atoms with Crippen molar-refractivity contribution in [2.75, 3.05) is 20.6 Å². The van der Waals surface area contributed by atoms with Gasteiger partial charge in [-0.2, -0.15) is 0 Å². The number of nitrogens with zero attached hydrogens (tertiary/aromatic N) is 5. The van der Waals surface area contributed by atoms with Gasteiger partial charge >= 0.3 is 54.1 Å². The number of likely N-dealkylation sites (N-methyl/N-ethyl adjacent to an activating group) is 2. The van der Waals surface area contributed by atoms with E-state index in [0.29, 0.717) is 70.9 Å². The Morgan fingerprint density at radius 2 is 0.896 bits per heavy atom. The smallest absolute Gasteiger partial charge is 0.408 e. The summed E-state index contributed by atoms with van der Waals surface area (Å²) in [6, 6.07) is 52.9. The quantitative estimate of drug-likeness (QED) is 0.0152. The van der Waals surface area contributed by atoms with Crippen molar-refractivity contribution in [1.82, 2.24) is 40.7 Å². The summed E-state index contributed by atoms with van der Waals surface area (Å²) in [5, 5.41) is 48.5. The van der Waals surface area contributed by atoms with Crippen LogP contribution < -0.4 is 30.2 Å². The van der Waals surface area contributed by atoms with Crippen molar-refractivity contribution in [2.45, 2.75) is 175 Å². The third-order valence-corrected chi connectivity index (χ3v) is 19.4. The molecule has 0 saturated heterocycles. The molecule has 7 N–H and O–H groups in total. The number of aromatic hydroxyl groups is 2. The number of nitrogens with one attached hydrogen (secondary N) is 3. The monoisotopic (exact) mass is 1730 g/mol. The molecule has 0 radical (unpaired) electrons. The normalized spacial score (nSPS) is 14.6. The van der Waals surface area contributed by atoms with Crippen LogP contribution in [0.1, 0.15) is 167 Å². The first-order chi connectivity index (χ1) is 59.1. The molecule has 5 amide bonds. The van der Waals surface area contributed by atoms with Crippen LogP contribution >= 0.6 is 11.6 Å². The van der Waals surface area contributed by atoms with Crippen molar-refractivity contribution in [3.8, 4) is 28.7 Å². The Balaban J connectivity index is 0.000000200. The maximum atomic E-state index is 13.8. The summed E-state index contributed by atoms with van der Waals surface area (Å²) in [5.41, 5.74) is 1.94. The Labute approximate surface area is 726 Å². The number of carboxylic acids is 2. The number of ether oxygens (including phenoxy) is 7. The number of para-hydroxylation sites is 3. The lowest BCUT2D eigenvalue weighted by atomic mass is 9.76. The number of phenols is 2. The maximum Gasteiger partial charge on any atom is 0.408 e. The number of benzene rings is 7. The predicted molar refractivity (Wildman–Crippen MR) is 462 cm³/mol. The van der Waals surface area contributed by atoms with E-state index in [1.807, 2.05) is 85.8 Å². The van der Waals surface area contributed by atoms with Crippen LogP contribution in [0.5, 0.6) is 28.7 Å². The molecule has 3 heterocycles. The molecular formula is C93H101ClN8O23. The minimum atomic E-state index is -1.46. The second-order valence-electron chi connectivity index (χ2n) is 31.4. The number of alkyl carbamates (subject to hydrolysis) is 3. The molecule has 0 spiro atoms. The number of aromatic carboxylic acids is 1. The molecule has 32 heteroatoms. The van der Waals surface area contributed by atoms with Crippen molar-refractivity contribution < 1.29 is 111 Å². The molecule has 658 valence electrons. The van der Waals surface area contributed by atoms with Gasteiger partial charge in [0, 0.05) is 76.5 Å². The fourth-order valence-corrected chi connectivity index (χ4v) is 13.6. The number of aromatic nitrogens is 3. The zero-order valence-corrected chi connectivity index (χ0v) is 72.2. The van der Waals surface area contributed by atoms with Gasteiger partial charge in [-0.15, -0.1) is 0 Å². The summed E-state index contributed by atoms with van der Waals surface area (Å²) in [6.07, 6.45) is 0.803. The van der Waals surface area contributed by atoms with Gasteiger partial charge in [-0.25, -0.2) is 43.7 Å². The Kier molecular flexibility index (Phi) is 33.6. The van der Waals surface area contributed by atoms with E-state index in [9.17, 15) is 72.9 Å². The fraction of sp³-hybridized carbons (Fsp3) is 0.323. The van der Waals surface area contributed by atoms with Crippen LogP contribution in [0.4, 0.5) is 14.4 Å². The van der Waals surface area contributed by atoms with Gasteiger partial charge in [0.2, 0.25) is 5.91 Å². The molecule has 7 aromatic carbocycles. The highest BCUT2D eigenvalue weighted by Crippen LogP contribution is 2.38. The molecule has 2 aliphatic rings. The summed E-state index contributed by atoms with van der Waals surface area (Å²) < 4.78 is 36.6. The fourth-order valence-electron chi connectivity index (χ4n) is 13.5. The van der Waals surface area contributed by atoms with Gasteiger partial charge in [0.25, 0.3) is 11.1 Å². The van der Waals surface area contributed by atoms with Crippen molar-refractivity contribution in [2.24, 2.45) is 0 Å². The summed E-state index contributed by atoms with van der Waals surface area (Å²) >= 11 is 5.35. The Morgan fingerprint density at radius 3 is 1.32 bits per heavy atom. The van der Waals surface area contributed by atoms with E-state index < -0.39 is 99.6 Å². The predicted octanol–water partition coefficient (Wildman–Crippen LogP) is 14.7. The molecule has 4 atom stereocenters. The van der Waals surface area contributed by atoms with Crippen LogP contribution in [0.3, 0.4) is 0 Å². The number of aliphatic carboxylic acids is 1. The van der Waals surface area contributed by atoms with Crippen LogP contribution in [0, 0.1) is 0 Å². The number of rotatable bonds is 21. The molecule has 0 bridgehead atoms. The number of aryl methyl sites for hydroxylation is 2. The van der Waals surface area contributed by atoms with Gasteiger partial charge in [-0.05, 0) is 174 Å². The number of carboxylic acid groups (broad SMARTS) is 2. The molecule has 125 heavy (non-hydrogen) atoms. The van der Waals surface area contributed by atoms with Crippen molar-refractivity contribution >= 4 is 115 Å². The number of phenolic OH excluding ortho intramolecular Hbond substituents is 2. The largest absolute Gasteiger partial charge is 0.508 e. The molecular weight excluding hydrogens is 1630 g/mol. The van der Waals surface area contributed by atoms with Crippen LogP contribution in [-0.4, -0.2) is 171 Å². The summed E-state index contributed by atoms with van der Waals surface area (Å²) in [5.74, 6) is -3.87. The first-order valence-electron chi connectivity index (χ1n) is 39.8. The van der Waals surface area contributed by atoms with Crippen molar-refractivity contribution in [1.29, 1.82) is 0 Å². The lowest BCUT2D eigenvalue weighted by Crippen LogP contribution is -2.63. The van der Waals surface area contributed by atoms with Gasteiger partial charge in [0.1, 0.15) is 86.7 Å². The number of pyridine rings is 3. The maximum absolute atomic E-state index is 13.8. The molecule has 2 aliphatic carbocycles. The standard InChI is InChI=1S/C28H37N3O6.C25H26N2O5.C16H21NO5.C12H8ClNO3.C12H9NO4/c1-19(29-25(34)36-18-20-10-7-6-8-11-20)17-31(5)24(33)28(30-26(35)37-27(2,3)4)15-14-21-12-9-13-23(32)22(21)16-28;1-4-9-21(25(30)31-16-18-10-6-5-7-11-18)27(3)24(29)20-15-14-19-12-8-13-22(23(19)26-20)32-17(2)28;1-15(2,3)22-14(21)17-16(13(19)20)8-7-10-5-4-6-12(18)11(10)9-16;1-7(15)17-10-4-2-3-8-5-6-9(12(13)16)14-11(8)10;1-7(14)17-10-4-2-3-8-5-6-9(12(15)16)13-11(8)10/h6-13,19,32H,14-18H2,1-5H3,(H,29,34)(H,30,35);5-8,10-15,21H,4,9,16H2,1-3H3;4-6,18H,7-9H2,1-3H3,(H,17,21)(H,19,20);2-6H,1H3;2-6H,1H3,(H,15,16)/t19-,28+;21-;16-;;/m100../s1. The highest BCUT2D eigenvalue weighted by Gasteiger charge is 2.47.